The molecule has 1 aromatic carbocycles. The number of nitrogens with zero attached hydrogens (tertiary/aromatic N) is 1. The Bertz CT molecular complexity index is 533. The molecule has 1 aliphatic rings. The summed E-state index contributed by atoms with van der Waals surface area (Å²) < 4.78 is 0.840. The Kier molecular flexibility index (Phi) is 3.67. The molecule has 2 unspecified atom stereocenters. The standard InChI is InChI=1S/C14H17BrN2O2/c1-7-5-8(2)12(11(15)6-7)17-10(4)13(18)16-9(3)14(17)19/h5-6,9-10H,1-4H3,(H,16,18). The number of rotatable bonds is 1. The number of benzene rings is 1. The van der Waals surface area contributed by atoms with Gasteiger partial charge in [-0.25, -0.2) is 0 Å². The van der Waals surface area contributed by atoms with Crippen LogP contribution in [0.1, 0.15) is 25.0 Å². The van der Waals surface area contributed by atoms with E-state index in [-0.39, 0.29) is 11.8 Å². The molecule has 5 heteroatoms. The second-order valence-electron chi connectivity index (χ2n) is 5.03. The molecule has 4 nitrogen and oxygen atoms in total. The predicted octanol–water partition coefficient (Wildman–Crippen LogP) is 2.31. The number of hydrogen-bond acceptors (Lipinski definition) is 2. The minimum absolute atomic E-state index is 0.0836. The lowest BCUT2D eigenvalue weighted by molar-refractivity contribution is -0.133. The van der Waals surface area contributed by atoms with Gasteiger partial charge in [0.25, 0.3) is 0 Å². The van der Waals surface area contributed by atoms with E-state index >= 15 is 0 Å². The molecule has 0 spiro atoms. The van der Waals surface area contributed by atoms with Gasteiger partial charge in [-0.05, 0) is 60.8 Å². The molecule has 1 aliphatic heterocycles. The molecule has 1 heterocycles. The maximum absolute atomic E-state index is 12.4. The molecule has 1 fully saturated rings. The van der Waals surface area contributed by atoms with E-state index in [0.29, 0.717) is 0 Å². The quantitative estimate of drug-likeness (QED) is 0.861. The average Bonchev–Trinajstić information content (AvgIpc) is 2.30. The topological polar surface area (TPSA) is 49.4 Å². The van der Waals surface area contributed by atoms with Crippen LogP contribution in [0.25, 0.3) is 0 Å². The van der Waals surface area contributed by atoms with Crippen molar-refractivity contribution in [3.8, 4) is 0 Å². The van der Waals surface area contributed by atoms with Gasteiger partial charge >= 0.3 is 0 Å². The van der Waals surface area contributed by atoms with Crippen molar-refractivity contribution in [3.05, 3.63) is 27.7 Å². The van der Waals surface area contributed by atoms with Crippen LogP contribution in [0.3, 0.4) is 0 Å². The summed E-state index contributed by atoms with van der Waals surface area (Å²) in [6.07, 6.45) is 0. The lowest BCUT2D eigenvalue weighted by atomic mass is 10.0. The van der Waals surface area contributed by atoms with Gasteiger partial charge in [0.1, 0.15) is 12.1 Å². The Morgan fingerprint density at radius 1 is 1.21 bits per heavy atom. The molecule has 2 atom stereocenters. The lowest BCUT2D eigenvalue weighted by Crippen LogP contribution is -2.62. The maximum Gasteiger partial charge on any atom is 0.250 e. The number of carbonyl (C=O) groups is 2. The number of amides is 2. The zero-order valence-electron chi connectivity index (χ0n) is 11.5. The largest absolute Gasteiger partial charge is 0.343 e. The van der Waals surface area contributed by atoms with E-state index in [4.69, 9.17) is 0 Å². The molecule has 0 aromatic heterocycles. The smallest absolute Gasteiger partial charge is 0.250 e. The van der Waals surface area contributed by atoms with E-state index in [0.717, 1.165) is 21.3 Å². The Morgan fingerprint density at radius 3 is 2.42 bits per heavy atom. The first kappa shape index (κ1) is 14.1. The van der Waals surface area contributed by atoms with Crippen LogP contribution in [-0.4, -0.2) is 23.9 Å². The van der Waals surface area contributed by atoms with Gasteiger partial charge < -0.3 is 5.32 Å². The first-order chi connectivity index (χ1) is 8.82. The van der Waals surface area contributed by atoms with E-state index in [1.165, 1.54) is 0 Å². The fourth-order valence-corrected chi connectivity index (χ4v) is 3.29. The molecule has 0 radical (unpaired) electrons. The second-order valence-corrected chi connectivity index (χ2v) is 5.88. The summed E-state index contributed by atoms with van der Waals surface area (Å²) in [5.74, 6) is -0.210. The zero-order valence-corrected chi connectivity index (χ0v) is 13.0. The summed E-state index contributed by atoms with van der Waals surface area (Å²) in [5.41, 5.74) is 2.88. The second kappa shape index (κ2) is 4.96. The van der Waals surface area contributed by atoms with Crippen molar-refractivity contribution < 1.29 is 9.59 Å². The first-order valence-corrected chi connectivity index (χ1v) is 7.02. The molecule has 1 saturated heterocycles. The van der Waals surface area contributed by atoms with Crippen LogP contribution in [0, 0.1) is 13.8 Å². The third-order valence-corrected chi connectivity index (χ3v) is 3.98. The Balaban J connectivity index is 2.56. The van der Waals surface area contributed by atoms with Crippen molar-refractivity contribution in [1.82, 2.24) is 5.32 Å². The van der Waals surface area contributed by atoms with Crippen LogP contribution in [0.15, 0.2) is 16.6 Å². The number of nitrogens with one attached hydrogen (secondary N) is 1. The van der Waals surface area contributed by atoms with E-state index in [1.54, 1.807) is 18.7 Å². The van der Waals surface area contributed by atoms with Gasteiger partial charge in [0.05, 0.1) is 5.69 Å². The lowest BCUT2D eigenvalue weighted by Gasteiger charge is -2.37. The third kappa shape index (κ3) is 2.39. The molecular formula is C14H17BrN2O2. The maximum atomic E-state index is 12.4. The minimum atomic E-state index is -0.499. The SMILES string of the molecule is Cc1cc(C)c(N2C(=O)C(C)NC(=O)C2C)c(Br)c1. The van der Waals surface area contributed by atoms with Gasteiger partial charge in [-0.3, -0.25) is 14.5 Å². The van der Waals surface area contributed by atoms with Crippen LogP contribution in [0.5, 0.6) is 0 Å². The summed E-state index contributed by atoms with van der Waals surface area (Å²) in [4.78, 5) is 25.9. The number of anilines is 1. The number of halogens is 1. The first-order valence-electron chi connectivity index (χ1n) is 6.23. The van der Waals surface area contributed by atoms with Crippen LogP contribution in [0.4, 0.5) is 5.69 Å². The summed E-state index contributed by atoms with van der Waals surface area (Å²) >= 11 is 3.50. The molecule has 0 bridgehead atoms. The molecule has 1 N–H and O–H groups in total. The minimum Gasteiger partial charge on any atom is -0.343 e. The van der Waals surface area contributed by atoms with E-state index in [9.17, 15) is 9.59 Å². The molecular weight excluding hydrogens is 308 g/mol. The Labute approximate surface area is 121 Å². The molecule has 2 amide bonds. The molecule has 2 rings (SSSR count). The van der Waals surface area contributed by atoms with Gasteiger partial charge in [0.2, 0.25) is 11.8 Å². The van der Waals surface area contributed by atoms with Gasteiger partial charge in [-0.1, -0.05) is 6.07 Å². The molecule has 0 saturated carbocycles. The van der Waals surface area contributed by atoms with Crippen molar-refractivity contribution in [3.63, 3.8) is 0 Å². The van der Waals surface area contributed by atoms with Crippen molar-refractivity contribution in [1.29, 1.82) is 0 Å². The van der Waals surface area contributed by atoms with Crippen LogP contribution in [-0.2, 0) is 9.59 Å². The molecule has 0 aliphatic carbocycles. The van der Waals surface area contributed by atoms with Gasteiger partial charge in [0, 0.05) is 4.47 Å². The van der Waals surface area contributed by atoms with Crippen LogP contribution in [0.2, 0.25) is 0 Å². The number of carbonyl (C=O) groups excluding carboxylic acids is 2. The predicted molar refractivity (Wildman–Crippen MR) is 78.2 cm³/mol. The molecule has 1 aromatic rings. The highest BCUT2D eigenvalue weighted by atomic mass is 79.9. The normalized spacial score (nSPS) is 23.5. The highest BCUT2D eigenvalue weighted by Crippen LogP contribution is 2.34. The van der Waals surface area contributed by atoms with Crippen molar-refractivity contribution in [2.75, 3.05) is 4.90 Å². The summed E-state index contributed by atoms with van der Waals surface area (Å²) in [7, 11) is 0. The highest BCUT2D eigenvalue weighted by Gasteiger charge is 2.38. The van der Waals surface area contributed by atoms with Crippen molar-refractivity contribution >= 4 is 33.4 Å². The van der Waals surface area contributed by atoms with Gasteiger partial charge in [-0.15, -0.1) is 0 Å². The monoisotopic (exact) mass is 324 g/mol. The van der Waals surface area contributed by atoms with Gasteiger partial charge in [0.15, 0.2) is 0 Å². The number of hydrogen-bond donors (Lipinski definition) is 1. The average molecular weight is 325 g/mol. The Hall–Kier alpha value is -1.36. The number of piperazine rings is 1. The summed E-state index contributed by atoms with van der Waals surface area (Å²) in [6, 6.07) is 2.98. The van der Waals surface area contributed by atoms with E-state index in [2.05, 4.69) is 21.2 Å². The highest BCUT2D eigenvalue weighted by molar-refractivity contribution is 9.10. The fraction of sp³-hybridized carbons (Fsp3) is 0.429. The summed E-state index contributed by atoms with van der Waals surface area (Å²) in [6.45, 7) is 7.39. The van der Waals surface area contributed by atoms with Crippen molar-refractivity contribution in [2.24, 2.45) is 0 Å². The van der Waals surface area contributed by atoms with Gasteiger partial charge in [-0.2, -0.15) is 0 Å². The summed E-state index contributed by atoms with van der Waals surface area (Å²) in [5, 5.41) is 2.68. The fourth-order valence-electron chi connectivity index (χ4n) is 2.43. The third-order valence-electron chi connectivity index (χ3n) is 3.37. The van der Waals surface area contributed by atoms with E-state index < -0.39 is 12.1 Å². The van der Waals surface area contributed by atoms with E-state index in [1.807, 2.05) is 26.0 Å². The van der Waals surface area contributed by atoms with Crippen LogP contribution < -0.4 is 10.2 Å². The molecule has 19 heavy (non-hydrogen) atoms. The number of aryl methyl sites for hydroxylation is 2. The Morgan fingerprint density at radius 2 is 1.84 bits per heavy atom. The van der Waals surface area contributed by atoms with Crippen molar-refractivity contribution in [2.45, 2.75) is 39.8 Å². The van der Waals surface area contributed by atoms with Crippen LogP contribution >= 0.6 is 15.9 Å². The molecule has 102 valence electrons. The zero-order chi connectivity index (χ0) is 14.3.